The molecule has 0 aliphatic heterocycles. The molecule has 3 nitrogen and oxygen atoms in total. The van der Waals surface area contributed by atoms with E-state index in [9.17, 15) is 4.79 Å². The highest BCUT2D eigenvalue weighted by Crippen LogP contribution is 2.09. The molecule has 0 saturated heterocycles. The SMILES string of the molecule is CC.CCc1ccc2nc[nH]c(=O)c2c1. The lowest BCUT2D eigenvalue weighted by molar-refractivity contribution is 1.13. The van der Waals surface area contributed by atoms with E-state index >= 15 is 0 Å². The Morgan fingerprint density at radius 1 is 1.33 bits per heavy atom. The molecule has 0 saturated carbocycles. The average molecular weight is 204 g/mol. The average Bonchev–Trinajstić information content (AvgIpc) is 2.32. The summed E-state index contributed by atoms with van der Waals surface area (Å²) in [5, 5.41) is 0.668. The Hall–Kier alpha value is -1.64. The number of aromatic amines is 1. The Balaban J connectivity index is 0.000000531. The number of H-pyrrole nitrogens is 1. The number of rotatable bonds is 1. The summed E-state index contributed by atoms with van der Waals surface area (Å²) in [5.74, 6) is 0. The minimum absolute atomic E-state index is 0.0692. The second kappa shape index (κ2) is 5.29. The van der Waals surface area contributed by atoms with Gasteiger partial charge in [0.1, 0.15) is 0 Å². The zero-order valence-electron chi connectivity index (χ0n) is 9.37. The molecule has 0 fully saturated rings. The highest BCUT2D eigenvalue weighted by molar-refractivity contribution is 5.77. The minimum Gasteiger partial charge on any atom is -0.313 e. The molecular formula is C12H16N2O. The normalized spacial score (nSPS) is 9.53. The van der Waals surface area contributed by atoms with E-state index in [1.807, 2.05) is 32.0 Å². The number of nitrogens with zero attached hydrogens (tertiary/aromatic N) is 1. The largest absolute Gasteiger partial charge is 0.313 e. The molecule has 3 heteroatoms. The van der Waals surface area contributed by atoms with Crippen molar-refractivity contribution >= 4 is 10.9 Å². The molecule has 2 rings (SSSR count). The molecule has 0 bridgehead atoms. The first-order valence-electron chi connectivity index (χ1n) is 5.27. The van der Waals surface area contributed by atoms with Crippen molar-refractivity contribution in [2.24, 2.45) is 0 Å². The summed E-state index contributed by atoms with van der Waals surface area (Å²) in [7, 11) is 0. The molecule has 1 aromatic carbocycles. The maximum absolute atomic E-state index is 11.4. The smallest absolute Gasteiger partial charge is 0.258 e. The lowest BCUT2D eigenvalue weighted by atomic mass is 10.1. The third-order valence-electron chi connectivity index (χ3n) is 2.11. The monoisotopic (exact) mass is 204 g/mol. The zero-order valence-corrected chi connectivity index (χ0v) is 9.37. The third-order valence-corrected chi connectivity index (χ3v) is 2.11. The number of fused-ring (bicyclic) bond motifs is 1. The van der Waals surface area contributed by atoms with Crippen LogP contribution in [0.5, 0.6) is 0 Å². The van der Waals surface area contributed by atoms with Crippen LogP contribution in [0.2, 0.25) is 0 Å². The van der Waals surface area contributed by atoms with Gasteiger partial charge in [0.2, 0.25) is 0 Å². The van der Waals surface area contributed by atoms with Crippen LogP contribution in [0.15, 0.2) is 29.3 Å². The Labute approximate surface area is 89.2 Å². The van der Waals surface area contributed by atoms with Crippen LogP contribution in [0, 0.1) is 0 Å². The van der Waals surface area contributed by atoms with Crippen molar-refractivity contribution in [1.29, 1.82) is 0 Å². The van der Waals surface area contributed by atoms with Crippen molar-refractivity contribution in [2.45, 2.75) is 27.2 Å². The van der Waals surface area contributed by atoms with E-state index < -0.39 is 0 Å². The molecule has 2 aromatic rings. The predicted octanol–water partition coefficient (Wildman–Crippen LogP) is 2.51. The fourth-order valence-corrected chi connectivity index (χ4v) is 1.34. The van der Waals surface area contributed by atoms with Crippen LogP contribution < -0.4 is 5.56 Å². The van der Waals surface area contributed by atoms with E-state index in [4.69, 9.17) is 0 Å². The summed E-state index contributed by atoms with van der Waals surface area (Å²) in [6.07, 6.45) is 2.36. The predicted molar refractivity (Wildman–Crippen MR) is 63.1 cm³/mol. The number of hydrogen-bond acceptors (Lipinski definition) is 2. The molecule has 0 aliphatic carbocycles. The molecule has 0 amide bonds. The number of aromatic nitrogens is 2. The molecule has 1 N–H and O–H groups in total. The number of aryl methyl sites for hydroxylation is 1. The summed E-state index contributed by atoms with van der Waals surface area (Å²) < 4.78 is 0. The molecule has 15 heavy (non-hydrogen) atoms. The van der Waals surface area contributed by atoms with Gasteiger partial charge >= 0.3 is 0 Å². The van der Waals surface area contributed by atoms with Crippen molar-refractivity contribution in [3.05, 3.63) is 40.4 Å². The van der Waals surface area contributed by atoms with Crippen LogP contribution in [-0.4, -0.2) is 9.97 Å². The van der Waals surface area contributed by atoms with E-state index in [1.54, 1.807) is 0 Å². The van der Waals surface area contributed by atoms with E-state index in [2.05, 4.69) is 16.9 Å². The summed E-state index contributed by atoms with van der Waals surface area (Å²) in [5.41, 5.74) is 1.84. The van der Waals surface area contributed by atoms with Gasteiger partial charge in [0.25, 0.3) is 5.56 Å². The van der Waals surface area contributed by atoms with Crippen LogP contribution in [0.1, 0.15) is 26.3 Å². The van der Waals surface area contributed by atoms with Crippen LogP contribution in [-0.2, 0) is 6.42 Å². The van der Waals surface area contributed by atoms with Crippen LogP contribution in [0.4, 0.5) is 0 Å². The van der Waals surface area contributed by atoms with Crippen LogP contribution in [0.25, 0.3) is 10.9 Å². The second-order valence-corrected chi connectivity index (χ2v) is 2.94. The van der Waals surface area contributed by atoms with Gasteiger partial charge in [0.05, 0.1) is 17.2 Å². The van der Waals surface area contributed by atoms with Gasteiger partial charge in [-0.25, -0.2) is 4.98 Å². The van der Waals surface area contributed by atoms with E-state index in [1.165, 1.54) is 6.33 Å². The number of benzene rings is 1. The first kappa shape index (κ1) is 11.4. The topological polar surface area (TPSA) is 45.8 Å². The van der Waals surface area contributed by atoms with E-state index in [-0.39, 0.29) is 5.56 Å². The van der Waals surface area contributed by atoms with Gasteiger partial charge in [-0.3, -0.25) is 4.79 Å². The van der Waals surface area contributed by atoms with Crippen molar-refractivity contribution in [3.63, 3.8) is 0 Å². The molecule has 0 atom stereocenters. The highest BCUT2D eigenvalue weighted by atomic mass is 16.1. The Morgan fingerprint density at radius 3 is 2.73 bits per heavy atom. The molecule has 0 spiro atoms. The van der Waals surface area contributed by atoms with Crippen molar-refractivity contribution in [1.82, 2.24) is 9.97 Å². The third kappa shape index (κ3) is 2.43. The molecule has 0 radical (unpaired) electrons. The van der Waals surface area contributed by atoms with Gasteiger partial charge in [-0.1, -0.05) is 26.8 Å². The van der Waals surface area contributed by atoms with E-state index in [0.29, 0.717) is 5.39 Å². The molecule has 1 aromatic heterocycles. The van der Waals surface area contributed by atoms with Crippen molar-refractivity contribution in [3.8, 4) is 0 Å². The number of nitrogens with one attached hydrogen (secondary N) is 1. The van der Waals surface area contributed by atoms with Gasteiger partial charge in [0, 0.05) is 0 Å². The Bertz CT molecular complexity index is 488. The zero-order chi connectivity index (χ0) is 11.3. The fraction of sp³-hybridized carbons (Fsp3) is 0.333. The number of hydrogen-bond donors (Lipinski definition) is 1. The second-order valence-electron chi connectivity index (χ2n) is 2.94. The van der Waals surface area contributed by atoms with Gasteiger partial charge in [-0.2, -0.15) is 0 Å². The van der Waals surface area contributed by atoms with E-state index in [0.717, 1.165) is 17.5 Å². The van der Waals surface area contributed by atoms with Crippen LogP contribution >= 0.6 is 0 Å². The lowest BCUT2D eigenvalue weighted by Crippen LogP contribution is -2.06. The maximum Gasteiger partial charge on any atom is 0.258 e. The van der Waals surface area contributed by atoms with Crippen molar-refractivity contribution in [2.75, 3.05) is 0 Å². The molecular weight excluding hydrogens is 188 g/mol. The highest BCUT2D eigenvalue weighted by Gasteiger charge is 1.98. The summed E-state index contributed by atoms with van der Waals surface area (Å²) in [6.45, 7) is 6.06. The van der Waals surface area contributed by atoms with Gasteiger partial charge in [0.15, 0.2) is 0 Å². The minimum atomic E-state index is -0.0692. The molecule has 80 valence electrons. The summed E-state index contributed by atoms with van der Waals surface area (Å²) in [4.78, 5) is 18.0. The first-order valence-corrected chi connectivity index (χ1v) is 5.27. The fourth-order valence-electron chi connectivity index (χ4n) is 1.34. The first-order chi connectivity index (χ1) is 7.31. The van der Waals surface area contributed by atoms with Gasteiger partial charge in [-0.15, -0.1) is 0 Å². The summed E-state index contributed by atoms with van der Waals surface area (Å²) in [6, 6.07) is 5.76. The molecule has 1 heterocycles. The van der Waals surface area contributed by atoms with Crippen LogP contribution in [0.3, 0.4) is 0 Å². The quantitative estimate of drug-likeness (QED) is 0.775. The maximum atomic E-state index is 11.4. The standard InChI is InChI=1S/C10H10N2O.C2H6/c1-2-7-3-4-9-8(5-7)10(13)12-6-11-9;1-2/h3-6H,2H2,1H3,(H,11,12,13);1-2H3. The summed E-state index contributed by atoms with van der Waals surface area (Å²) >= 11 is 0. The lowest BCUT2D eigenvalue weighted by Gasteiger charge is -1.98. The Kier molecular flexibility index (Phi) is 4.03. The van der Waals surface area contributed by atoms with Gasteiger partial charge in [-0.05, 0) is 24.1 Å². The van der Waals surface area contributed by atoms with Gasteiger partial charge < -0.3 is 4.98 Å². The molecule has 0 aliphatic rings. The molecule has 0 unspecified atom stereocenters. The van der Waals surface area contributed by atoms with Crippen molar-refractivity contribution < 1.29 is 0 Å². The Morgan fingerprint density at radius 2 is 2.07 bits per heavy atom.